The van der Waals surface area contributed by atoms with E-state index in [0.29, 0.717) is 44.1 Å². The number of halogens is 1. The number of rotatable bonds is 11. The molecule has 50 heavy (non-hydrogen) atoms. The number of fused-ring (bicyclic) bond motifs is 2. The van der Waals surface area contributed by atoms with Gasteiger partial charge in [-0.2, -0.15) is 0 Å². The second-order valence-corrected chi connectivity index (χ2v) is 19.0. The Kier molecular flexibility index (Phi) is 9.23. The van der Waals surface area contributed by atoms with Crippen molar-refractivity contribution in [3.63, 3.8) is 0 Å². The number of aryl methyl sites for hydroxylation is 1. The van der Waals surface area contributed by atoms with Gasteiger partial charge in [0, 0.05) is 48.0 Å². The SMILES string of the molecule is COc1ccc([Si](C)(C)[C@@H]2[C@@H](CCn3cc(CCO)nn3)O[C@]3(C(=O)N(Cc4cccc(N5CCOC5=O)c4)c4ccc(Cl)cc43)[C@H]2C)cc1. The Morgan fingerprint density at radius 1 is 1.10 bits per heavy atom. The van der Waals surface area contributed by atoms with Gasteiger partial charge in [-0.1, -0.05) is 66.3 Å². The molecule has 262 valence electrons. The molecule has 0 unspecified atom stereocenters. The first-order chi connectivity index (χ1) is 24.1. The van der Waals surface area contributed by atoms with Crippen molar-refractivity contribution in [2.45, 2.75) is 63.2 Å². The summed E-state index contributed by atoms with van der Waals surface area (Å²) >= 11 is 6.68. The molecule has 7 rings (SSSR count). The molecule has 4 atom stereocenters. The van der Waals surface area contributed by atoms with Gasteiger partial charge < -0.3 is 24.2 Å². The van der Waals surface area contributed by atoms with E-state index in [9.17, 15) is 9.90 Å². The molecule has 1 N–H and O–H groups in total. The van der Waals surface area contributed by atoms with E-state index in [-0.39, 0.29) is 36.2 Å². The van der Waals surface area contributed by atoms with Crippen LogP contribution in [0.15, 0.2) is 72.9 Å². The van der Waals surface area contributed by atoms with Gasteiger partial charge in [0.05, 0.1) is 45.8 Å². The Morgan fingerprint density at radius 3 is 2.62 bits per heavy atom. The molecule has 3 aromatic carbocycles. The minimum absolute atomic E-state index is 0.00383. The standard InChI is InChI=1S/C37H42ClN5O6Si/c1-24-34(50(3,4)30-11-9-29(47-2)10-12-30)33(14-16-41-23-27(15-18-44)39-40-41)49-37(24)31-21-26(38)8-13-32(31)43(35(37)45)22-25-6-5-7-28(20-25)42-17-19-48-36(42)46/h5-13,20-21,23-24,33-34,44H,14-19,22H2,1-4H3/t24-,33+,34-,37+/m0/s1. The number of aliphatic hydroxyl groups is 1. The maximum atomic E-state index is 15.1. The quantitative estimate of drug-likeness (QED) is 0.208. The minimum Gasteiger partial charge on any atom is -0.497 e. The number of carbonyl (C=O) groups is 2. The predicted octanol–water partition coefficient (Wildman–Crippen LogP) is 5.28. The van der Waals surface area contributed by atoms with E-state index in [1.165, 1.54) is 5.19 Å². The molecule has 0 bridgehead atoms. The first kappa shape index (κ1) is 34.2. The van der Waals surface area contributed by atoms with Crippen molar-refractivity contribution in [3.8, 4) is 5.75 Å². The fourth-order valence-corrected chi connectivity index (χ4v) is 12.5. The molecule has 1 spiro atoms. The number of methoxy groups -OCH3 is 1. The number of anilines is 2. The predicted molar refractivity (Wildman–Crippen MR) is 193 cm³/mol. The van der Waals surface area contributed by atoms with Crippen LogP contribution < -0.4 is 19.7 Å². The van der Waals surface area contributed by atoms with Crippen LogP contribution in [0.5, 0.6) is 5.75 Å². The van der Waals surface area contributed by atoms with E-state index in [1.54, 1.807) is 16.7 Å². The Labute approximate surface area is 297 Å². The minimum atomic E-state index is -2.35. The number of aromatic nitrogens is 3. The topological polar surface area (TPSA) is 119 Å². The number of amides is 2. The molecule has 3 aliphatic rings. The Hall–Kier alpha value is -4.23. The van der Waals surface area contributed by atoms with E-state index < -0.39 is 13.7 Å². The molecule has 2 saturated heterocycles. The molecule has 2 amide bonds. The van der Waals surface area contributed by atoms with Gasteiger partial charge in [-0.15, -0.1) is 5.10 Å². The van der Waals surface area contributed by atoms with Crippen LogP contribution in [0.3, 0.4) is 0 Å². The van der Waals surface area contributed by atoms with Crippen LogP contribution >= 0.6 is 11.6 Å². The van der Waals surface area contributed by atoms with E-state index in [2.05, 4.69) is 42.5 Å². The Bertz CT molecular complexity index is 1900. The molecule has 13 heteroatoms. The highest BCUT2D eigenvalue weighted by atomic mass is 35.5. The molecule has 11 nitrogen and oxygen atoms in total. The highest BCUT2D eigenvalue weighted by Gasteiger charge is 2.66. The smallest absolute Gasteiger partial charge is 0.414 e. The van der Waals surface area contributed by atoms with Gasteiger partial charge in [-0.05, 0) is 60.0 Å². The molecule has 0 saturated carbocycles. The molecule has 2 fully saturated rings. The van der Waals surface area contributed by atoms with Crippen LogP contribution in [0.25, 0.3) is 0 Å². The van der Waals surface area contributed by atoms with Crippen LogP contribution in [0, 0.1) is 5.92 Å². The first-order valence-electron chi connectivity index (χ1n) is 17.0. The lowest BCUT2D eigenvalue weighted by atomic mass is 9.82. The van der Waals surface area contributed by atoms with Crippen molar-refractivity contribution in [2.75, 3.05) is 36.7 Å². The molecule has 0 radical (unpaired) electrons. The first-order valence-corrected chi connectivity index (χ1v) is 20.5. The number of cyclic esters (lactones) is 1. The van der Waals surface area contributed by atoms with E-state index in [4.69, 9.17) is 25.8 Å². The van der Waals surface area contributed by atoms with Crippen LogP contribution in [0.2, 0.25) is 23.7 Å². The monoisotopic (exact) mass is 715 g/mol. The summed E-state index contributed by atoms with van der Waals surface area (Å²) < 4.78 is 19.7. The third kappa shape index (κ3) is 5.87. The number of aliphatic hydroxyl groups excluding tert-OH is 1. The summed E-state index contributed by atoms with van der Waals surface area (Å²) in [7, 11) is -0.685. The second kappa shape index (κ2) is 13.5. The molecule has 3 aliphatic heterocycles. The normalized spacial score (nSPS) is 23.2. The van der Waals surface area contributed by atoms with Gasteiger partial charge in [0.1, 0.15) is 12.4 Å². The lowest BCUT2D eigenvalue weighted by molar-refractivity contribution is -0.146. The number of benzene rings is 3. The molecule has 4 aromatic rings. The van der Waals surface area contributed by atoms with Gasteiger partial charge >= 0.3 is 6.09 Å². The fourth-order valence-electron chi connectivity index (χ4n) is 8.28. The van der Waals surface area contributed by atoms with Gasteiger partial charge in [-0.3, -0.25) is 14.4 Å². The van der Waals surface area contributed by atoms with Crippen molar-refractivity contribution in [2.24, 2.45) is 5.92 Å². The number of hydrogen-bond acceptors (Lipinski definition) is 8. The Morgan fingerprint density at radius 2 is 1.90 bits per heavy atom. The van der Waals surface area contributed by atoms with E-state index in [0.717, 1.165) is 33.9 Å². The largest absolute Gasteiger partial charge is 0.497 e. The molecular weight excluding hydrogens is 674 g/mol. The molecule has 4 heterocycles. The highest BCUT2D eigenvalue weighted by Crippen LogP contribution is 2.60. The zero-order chi connectivity index (χ0) is 35.2. The summed E-state index contributed by atoms with van der Waals surface area (Å²) in [6.07, 6.45) is 2.26. The van der Waals surface area contributed by atoms with Gasteiger partial charge in [-0.25, -0.2) is 4.79 Å². The van der Waals surface area contributed by atoms with Crippen molar-refractivity contribution in [1.29, 1.82) is 0 Å². The summed E-state index contributed by atoms with van der Waals surface area (Å²) in [6.45, 7) is 8.53. The van der Waals surface area contributed by atoms with Gasteiger partial charge in [0.15, 0.2) is 5.60 Å². The van der Waals surface area contributed by atoms with Gasteiger partial charge in [0.25, 0.3) is 5.91 Å². The van der Waals surface area contributed by atoms with Crippen LogP contribution in [-0.2, 0) is 39.4 Å². The van der Waals surface area contributed by atoms with Gasteiger partial charge in [0.2, 0.25) is 0 Å². The van der Waals surface area contributed by atoms with Crippen molar-refractivity contribution in [1.82, 2.24) is 15.0 Å². The average molecular weight is 716 g/mol. The zero-order valence-electron chi connectivity index (χ0n) is 28.7. The summed E-state index contributed by atoms with van der Waals surface area (Å²) in [5.41, 5.74) is 2.67. The average Bonchev–Trinajstić information content (AvgIpc) is 3.87. The third-order valence-electron chi connectivity index (χ3n) is 10.7. The molecular formula is C37H42ClN5O6Si. The summed E-state index contributed by atoms with van der Waals surface area (Å²) in [5.74, 6) is 0.478. The maximum absolute atomic E-state index is 15.1. The number of nitrogens with zero attached hydrogens (tertiary/aromatic N) is 5. The fraction of sp³-hybridized carbons (Fsp3) is 0.405. The second-order valence-electron chi connectivity index (χ2n) is 13.9. The van der Waals surface area contributed by atoms with Crippen LogP contribution in [0.4, 0.5) is 16.2 Å². The van der Waals surface area contributed by atoms with Crippen molar-refractivity contribution < 1.29 is 28.9 Å². The summed E-state index contributed by atoms with van der Waals surface area (Å²) in [4.78, 5) is 30.9. The van der Waals surface area contributed by atoms with E-state index in [1.807, 2.05) is 65.7 Å². The summed E-state index contributed by atoms with van der Waals surface area (Å²) in [6, 6.07) is 21.6. The third-order valence-corrected chi connectivity index (χ3v) is 15.3. The molecule has 1 aromatic heterocycles. The lowest BCUT2D eigenvalue weighted by Gasteiger charge is -2.37. The van der Waals surface area contributed by atoms with E-state index >= 15 is 4.79 Å². The molecule has 0 aliphatic carbocycles. The number of hydrogen-bond donors (Lipinski definition) is 1. The zero-order valence-corrected chi connectivity index (χ0v) is 30.5. The van der Waals surface area contributed by atoms with Crippen molar-refractivity contribution >= 4 is 48.2 Å². The van der Waals surface area contributed by atoms with Crippen LogP contribution in [0.1, 0.15) is 30.2 Å². The Balaban J connectivity index is 1.27. The lowest BCUT2D eigenvalue weighted by Crippen LogP contribution is -2.51. The van der Waals surface area contributed by atoms with Crippen molar-refractivity contribution in [3.05, 3.63) is 94.8 Å². The number of ether oxygens (including phenoxy) is 3. The maximum Gasteiger partial charge on any atom is 0.414 e. The van der Waals surface area contributed by atoms with Crippen LogP contribution in [-0.4, -0.2) is 73.1 Å². The highest BCUT2D eigenvalue weighted by molar-refractivity contribution is 6.91. The number of carbonyl (C=O) groups excluding carboxylic acids is 2. The summed E-state index contributed by atoms with van der Waals surface area (Å²) in [5, 5.41) is 19.7.